The van der Waals surface area contributed by atoms with Crippen LogP contribution in [0.4, 0.5) is 0 Å². The molecule has 1 unspecified atom stereocenters. The van der Waals surface area contributed by atoms with Gasteiger partial charge in [0.2, 0.25) is 5.89 Å². The first-order valence-electron chi connectivity index (χ1n) is 10.2. The van der Waals surface area contributed by atoms with Crippen molar-refractivity contribution < 1.29 is 13.9 Å². The van der Waals surface area contributed by atoms with Gasteiger partial charge in [-0.25, -0.2) is 9.98 Å². The first-order valence-corrected chi connectivity index (χ1v) is 11.0. The summed E-state index contributed by atoms with van der Waals surface area (Å²) in [5.41, 5.74) is 0.802. The Morgan fingerprint density at radius 3 is 2.86 bits per heavy atom. The maximum absolute atomic E-state index is 12.5. The van der Waals surface area contributed by atoms with E-state index < -0.39 is 0 Å². The second kappa shape index (κ2) is 9.41. The van der Waals surface area contributed by atoms with Crippen molar-refractivity contribution in [2.75, 3.05) is 39.3 Å². The Morgan fingerprint density at radius 1 is 1.34 bits per heavy atom. The molecule has 8 nitrogen and oxygen atoms in total. The molecule has 1 atom stereocenters. The molecule has 0 bridgehead atoms. The molecule has 1 amide bonds. The number of carbonyl (C=O) groups excluding carboxylic acids is 1. The molecule has 4 rings (SSSR count). The normalized spacial score (nSPS) is 20.3. The largest absolute Gasteiger partial charge is 0.443 e. The highest BCUT2D eigenvalue weighted by molar-refractivity contribution is 7.13. The summed E-state index contributed by atoms with van der Waals surface area (Å²) < 4.78 is 11.1. The van der Waals surface area contributed by atoms with E-state index in [0.717, 1.165) is 49.0 Å². The van der Waals surface area contributed by atoms with Crippen LogP contribution in [0.15, 0.2) is 33.2 Å². The van der Waals surface area contributed by atoms with Gasteiger partial charge in [0, 0.05) is 39.3 Å². The van der Waals surface area contributed by atoms with Gasteiger partial charge in [-0.3, -0.25) is 4.79 Å². The number of nitrogens with zero attached hydrogens (tertiary/aromatic N) is 4. The molecular formula is C20H27N5O3S. The Kier molecular flexibility index (Phi) is 6.46. The molecule has 0 spiro atoms. The van der Waals surface area contributed by atoms with Gasteiger partial charge in [-0.15, -0.1) is 11.3 Å². The van der Waals surface area contributed by atoms with Gasteiger partial charge in [0.05, 0.1) is 11.4 Å². The van der Waals surface area contributed by atoms with E-state index in [1.165, 1.54) is 0 Å². The van der Waals surface area contributed by atoms with E-state index in [2.05, 4.69) is 22.1 Å². The standard InChI is InChI=1S/C20H27N5O3S/c1-2-21-20(22-13-15-14-28-18(23-15)17-6-4-12-29-17)25-9-7-24(8-10-25)19(26)16-5-3-11-27-16/h4,6,12,14,16H,2-3,5,7-11,13H2,1H3,(H,21,22). The number of aliphatic imine (C=N–C) groups is 1. The SMILES string of the molecule is CCNC(=NCc1coc(-c2cccs2)n1)N1CCN(C(=O)C2CCCO2)CC1. The fourth-order valence-corrected chi connectivity index (χ4v) is 4.24. The van der Waals surface area contributed by atoms with Crippen LogP contribution in [-0.4, -0.2) is 72.1 Å². The zero-order valence-corrected chi connectivity index (χ0v) is 17.5. The van der Waals surface area contributed by atoms with Crippen LogP contribution in [0.25, 0.3) is 10.8 Å². The van der Waals surface area contributed by atoms with Crippen molar-refractivity contribution in [3.8, 4) is 10.8 Å². The zero-order valence-electron chi connectivity index (χ0n) is 16.7. The highest BCUT2D eigenvalue weighted by atomic mass is 32.1. The van der Waals surface area contributed by atoms with Crippen molar-refractivity contribution >= 4 is 23.2 Å². The molecule has 156 valence electrons. The Labute approximate surface area is 174 Å². The summed E-state index contributed by atoms with van der Waals surface area (Å²) in [6.45, 7) is 6.87. The van der Waals surface area contributed by atoms with Gasteiger partial charge in [-0.2, -0.15) is 0 Å². The van der Waals surface area contributed by atoms with Crippen LogP contribution in [-0.2, 0) is 16.1 Å². The second-order valence-electron chi connectivity index (χ2n) is 7.11. The molecule has 4 heterocycles. The monoisotopic (exact) mass is 417 g/mol. The number of thiophene rings is 1. The fourth-order valence-electron chi connectivity index (χ4n) is 3.59. The summed E-state index contributed by atoms with van der Waals surface area (Å²) in [7, 11) is 0. The van der Waals surface area contributed by atoms with Crippen molar-refractivity contribution in [2.45, 2.75) is 32.4 Å². The van der Waals surface area contributed by atoms with E-state index in [-0.39, 0.29) is 12.0 Å². The number of piperazine rings is 1. The van der Waals surface area contributed by atoms with Crippen LogP contribution in [0.2, 0.25) is 0 Å². The predicted molar refractivity (Wildman–Crippen MR) is 112 cm³/mol. The molecule has 2 saturated heterocycles. The summed E-state index contributed by atoms with van der Waals surface area (Å²) in [6, 6.07) is 3.97. The lowest BCUT2D eigenvalue weighted by Crippen LogP contribution is -2.55. The molecule has 0 radical (unpaired) electrons. The lowest BCUT2D eigenvalue weighted by molar-refractivity contribution is -0.142. The molecule has 2 aromatic rings. The molecule has 2 aliphatic heterocycles. The number of hydrogen-bond donors (Lipinski definition) is 1. The molecular weight excluding hydrogens is 390 g/mol. The topological polar surface area (TPSA) is 83.2 Å². The van der Waals surface area contributed by atoms with E-state index >= 15 is 0 Å². The van der Waals surface area contributed by atoms with Crippen LogP contribution in [0, 0.1) is 0 Å². The average molecular weight is 418 g/mol. The van der Waals surface area contributed by atoms with Crippen molar-refractivity contribution in [1.29, 1.82) is 0 Å². The number of carbonyl (C=O) groups is 1. The van der Waals surface area contributed by atoms with Crippen molar-refractivity contribution in [3.63, 3.8) is 0 Å². The van der Waals surface area contributed by atoms with Crippen molar-refractivity contribution in [1.82, 2.24) is 20.1 Å². The van der Waals surface area contributed by atoms with Crippen LogP contribution in [0.1, 0.15) is 25.5 Å². The minimum absolute atomic E-state index is 0.132. The van der Waals surface area contributed by atoms with Gasteiger partial charge in [0.1, 0.15) is 18.1 Å². The Morgan fingerprint density at radius 2 is 2.17 bits per heavy atom. The lowest BCUT2D eigenvalue weighted by Gasteiger charge is -2.37. The van der Waals surface area contributed by atoms with E-state index in [9.17, 15) is 4.79 Å². The molecule has 29 heavy (non-hydrogen) atoms. The van der Waals surface area contributed by atoms with Crippen LogP contribution < -0.4 is 5.32 Å². The molecule has 2 aromatic heterocycles. The minimum Gasteiger partial charge on any atom is -0.443 e. The Hall–Kier alpha value is -2.39. The fraction of sp³-hybridized carbons (Fsp3) is 0.550. The van der Waals surface area contributed by atoms with Crippen LogP contribution in [0.5, 0.6) is 0 Å². The number of hydrogen-bond acceptors (Lipinski definition) is 6. The highest BCUT2D eigenvalue weighted by Gasteiger charge is 2.30. The molecule has 0 saturated carbocycles. The summed E-state index contributed by atoms with van der Waals surface area (Å²) in [6.07, 6.45) is 3.24. The van der Waals surface area contributed by atoms with Gasteiger partial charge in [-0.05, 0) is 31.2 Å². The van der Waals surface area contributed by atoms with Gasteiger partial charge >= 0.3 is 0 Å². The first-order chi connectivity index (χ1) is 14.2. The molecule has 0 aliphatic carbocycles. The molecule has 9 heteroatoms. The third-order valence-corrected chi connectivity index (χ3v) is 5.96. The minimum atomic E-state index is -0.242. The van der Waals surface area contributed by atoms with Crippen molar-refractivity contribution in [3.05, 3.63) is 29.5 Å². The van der Waals surface area contributed by atoms with Gasteiger partial charge in [0.15, 0.2) is 5.96 Å². The maximum Gasteiger partial charge on any atom is 0.251 e. The quantitative estimate of drug-likeness (QED) is 0.593. The summed E-state index contributed by atoms with van der Waals surface area (Å²) in [4.78, 5) is 26.9. The third-order valence-electron chi connectivity index (χ3n) is 5.11. The first kappa shape index (κ1) is 19.9. The van der Waals surface area contributed by atoms with E-state index in [1.54, 1.807) is 17.6 Å². The number of guanidine groups is 1. The van der Waals surface area contributed by atoms with Gasteiger partial charge in [-0.1, -0.05) is 6.07 Å². The highest BCUT2D eigenvalue weighted by Crippen LogP contribution is 2.23. The van der Waals surface area contributed by atoms with E-state index in [1.807, 2.05) is 22.4 Å². The Bertz CT molecular complexity index is 821. The van der Waals surface area contributed by atoms with Crippen LogP contribution >= 0.6 is 11.3 Å². The number of ether oxygens (including phenoxy) is 1. The smallest absolute Gasteiger partial charge is 0.251 e. The average Bonchev–Trinajstić information content (AvgIpc) is 3.52. The Balaban J connectivity index is 1.34. The summed E-state index contributed by atoms with van der Waals surface area (Å²) in [5, 5.41) is 5.35. The van der Waals surface area contributed by atoms with E-state index in [0.29, 0.717) is 32.1 Å². The predicted octanol–water partition coefficient (Wildman–Crippen LogP) is 2.19. The number of oxazole rings is 1. The summed E-state index contributed by atoms with van der Waals surface area (Å²) in [5.74, 6) is 1.61. The third kappa shape index (κ3) is 4.79. The van der Waals surface area contributed by atoms with Gasteiger partial charge in [0.25, 0.3) is 5.91 Å². The van der Waals surface area contributed by atoms with Crippen molar-refractivity contribution in [2.24, 2.45) is 4.99 Å². The molecule has 0 aromatic carbocycles. The number of aromatic nitrogens is 1. The maximum atomic E-state index is 12.5. The lowest BCUT2D eigenvalue weighted by atomic mass is 10.2. The summed E-state index contributed by atoms with van der Waals surface area (Å²) >= 11 is 1.60. The number of amides is 1. The zero-order chi connectivity index (χ0) is 20.1. The van der Waals surface area contributed by atoms with Crippen LogP contribution in [0.3, 0.4) is 0 Å². The van der Waals surface area contributed by atoms with E-state index in [4.69, 9.17) is 14.1 Å². The number of nitrogens with one attached hydrogen (secondary N) is 1. The second-order valence-corrected chi connectivity index (χ2v) is 8.05. The molecule has 2 aliphatic rings. The molecule has 2 fully saturated rings. The molecule has 1 N–H and O–H groups in total. The van der Waals surface area contributed by atoms with Gasteiger partial charge < -0.3 is 24.3 Å². The number of rotatable bonds is 5.